The van der Waals surface area contributed by atoms with Crippen molar-refractivity contribution in [3.63, 3.8) is 0 Å². The molecule has 128 valence electrons. The van der Waals surface area contributed by atoms with Gasteiger partial charge in [0.15, 0.2) is 0 Å². The Balaban J connectivity index is 1.75. The van der Waals surface area contributed by atoms with E-state index in [2.05, 4.69) is 15.1 Å². The lowest BCUT2D eigenvalue weighted by Crippen LogP contribution is -2.39. The summed E-state index contributed by atoms with van der Waals surface area (Å²) in [6, 6.07) is 8.84. The summed E-state index contributed by atoms with van der Waals surface area (Å²) in [6.45, 7) is 2.52. The minimum atomic E-state index is -0.0888. The molecule has 1 N–H and O–H groups in total. The Morgan fingerprint density at radius 3 is 3.00 bits per heavy atom. The van der Waals surface area contributed by atoms with Gasteiger partial charge < -0.3 is 10.0 Å². The van der Waals surface area contributed by atoms with Gasteiger partial charge in [-0.2, -0.15) is 14.6 Å². The summed E-state index contributed by atoms with van der Waals surface area (Å²) in [7, 11) is 0. The zero-order chi connectivity index (χ0) is 17.4. The SMILES string of the molecule is Cc1cc(C(=O)N2CCCCC2c2cccc(O)c2)n2ncnc2n1. The number of benzene rings is 1. The fraction of sp³-hybridized carbons (Fsp3) is 0.333. The number of carbonyl (C=O) groups excluding carboxylic acids is 1. The highest BCUT2D eigenvalue weighted by atomic mass is 16.3. The second kappa shape index (κ2) is 6.16. The smallest absolute Gasteiger partial charge is 0.273 e. The van der Waals surface area contributed by atoms with Crippen LogP contribution in [0.3, 0.4) is 0 Å². The average Bonchev–Trinajstić information content (AvgIpc) is 3.08. The first-order valence-corrected chi connectivity index (χ1v) is 8.41. The first kappa shape index (κ1) is 15.6. The number of fused-ring (bicyclic) bond motifs is 1. The Kier molecular flexibility index (Phi) is 3.83. The molecule has 0 bridgehead atoms. The van der Waals surface area contributed by atoms with E-state index in [9.17, 15) is 9.90 Å². The summed E-state index contributed by atoms with van der Waals surface area (Å²) < 4.78 is 1.49. The van der Waals surface area contributed by atoms with Gasteiger partial charge in [0.2, 0.25) is 0 Å². The van der Waals surface area contributed by atoms with E-state index in [4.69, 9.17) is 0 Å². The van der Waals surface area contributed by atoms with E-state index in [0.29, 0.717) is 18.0 Å². The molecule has 0 spiro atoms. The molecule has 2 aromatic heterocycles. The molecule has 4 rings (SSSR count). The van der Waals surface area contributed by atoms with Crippen molar-refractivity contribution in [2.24, 2.45) is 0 Å². The van der Waals surface area contributed by atoms with Gasteiger partial charge in [0.05, 0.1) is 6.04 Å². The van der Waals surface area contributed by atoms with Gasteiger partial charge in [0.25, 0.3) is 11.7 Å². The van der Waals surface area contributed by atoms with Crippen molar-refractivity contribution in [3.05, 3.63) is 53.6 Å². The minimum absolute atomic E-state index is 0.0552. The molecule has 3 heterocycles. The molecule has 0 saturated carbocycles. The predicted molar refractivity (Wildman–Crippen MR) is 91.3 cm³/mol. The predicted octanol–water partition coefficient (Wildman–Crippen LogP) is 2.51. The Hall–Kier alpha value is -2.96. The van der Waals surface area contributed by atoms with E-state index < -0.39 is 0 Å². The molecule has 1 amide bonds. The molecule has 0 aliphatic carbocycles. The number of rotatable bonds is 2. The van der Waals surface area contributed by atoms with E-state index in [0.717, 1.165) is 30.5 Å². The molecule has 7 heteroatoms. The van der Waals surface area contributed by atoms with Crippen LogP contribution in [0.15, 0.2) is 36.7 Å². The Bertz CT molecular complexity index is 936. The number of nitrogens with zero attached hydrogens (tertiary/aromatic N) is 5. The normalized spacial score (nSPS) is 17.8. The number of phenols is 1. The first-order valence-electron chi connectivity index (χ1n) is 8.41. The van der Waals surface area contributed by atoms with E-state index >= 15 is 0 Å². The largest absolute Gasteiger partial charge is 0.508 e. The Morgan fingerprint density at radius 1 is 1.28 bits per heavy atom. The molecule has 1 aliphatic heterocycles. The maximum atomic E-state index is 13.3. The van der Waals surface area contributed by atoms with Crippen molar-refractivity contribution < 1.29 is 9.90 Å². The van der Waals surface area contributed by atoms with Crippen molar-refractivity contribution in [2.75, 3.05) is 6.54 Å². The molecule has 25 heavy (non-hydrogen) atoms. The first-order chi connectivity index (χ1) is 12.1. The summed E-state index contributed by atoms with van der Waals surface area (Å²) in [6.07, 6.45) is 4.30. The second-order valence-electron chi connectivity index (χ2n) is 6.36. The van der Waals surface area contributed by atoms with Crippen molar-refractivity contribution in [2.45, 2.75) is 32.2 Å². The summed E-state index contributed by atoms with van der Waals surface area (Å²) in [5.74, 6) is 0.553. The number of aromatic hydroxyl groups is 1. The molecule has 1 fully saturated rings. The van der Waals surface area contributed by atoms with E-state index in [1.165, 1.54) is 10.8 Å². The average molecular weight is 337 g/mol. The van der Waals surface area contributed by atoms with E-state index in [1.54, 1.807) is 18.2 Å². The number of aryl methyl sites for hydroxylation is 1. The number of phenolic OH excluding ortho intramolecular Hbond substituents is 1. The second-order valence-corrected chi connectivity index (χ2v) is 6.36. The third kappa shape index (κ3) is 2.82. The molecule has 3 aromatic rings. The zero-order valence-corrected chi connectivity index (χ0v) is 14.0. The highest BCUT2D eigenvalue weighted by Crippen LogP contribution is 2.33. The molecule has 0 radical (unpaired) electrons. The maximum absolute atomic E-state index is 13.3. The van der Waals surface area contributed by atoms with Crippen molar-refractivity contribution >= 4 is 11.7 Å². The molecule has 1 aliphatic rings. The zero-order valence-electron chi connectivity index (χ0n) is 14.0. The monoisotopic (exact) mass is 337 g/mol. The van der Waals surface area contributed by atoms with Crippen LogP contribution in [-0.4, -0.2) is 42.0 Å². The van der Waals surface area contributed by atoms with Gasteiger partial charge in [0.1, 0.15) is 17.8 Å². The lowest BCUT2D eigenvalue weighted by atomic mass is 9.94. The number of carbonyl (C=O) groups is 1. The molecular formula is C18H19N5O2. The van der Waals surface area contributed by atoms with Crippen molar-refractivity contribution in [3.8, 4) is 5.75 Å². The van der Waals surface area contributed by atoms with E-state index in [-0.39, 0.29) is 17.7 Å². The third-order valence-electron chi connectivity index (χ3n) is 4.62. The number of piperidine rings is 1. The topological polar surface area (TPSA) is 83.6 Å². The number of likely N-dealkylation sites (tertiary alicyclic amines) is 1. The van der Waals surface area contributed by atoms with Gasteiger partial charge in [-0.1, -0.05) is 12.1 Å². The van der Waals surface area contributed by atoms with Crippen LogP contribution < -0.4 is 0 Å². The molecule has 7 nitrogen and oxygen atoms in total. The number of hydrogen-bond acceptors (Lipinski definition) is 5. The van der Waals surface area contributed by atoms with Crippen LogP contribution >= 0.6 is 0 Å². The van der Waals surface area contributed by atoms with Crippen LogP contribution in [-0.2, 0) is 0 Å². The fourth-order valence-corrected chi connectivity index (χ4v) is 3.48. The van der Waals surface area contributed by atoms with Gasteiger partial charge >= 0.3 is 0 Å². The lowest BCUT2D eigenvalue weighted by Gasteiger charge is -2.36. The Morgan fingerprint density at radius 2 is 2.16 bits per heavy atom. The molecular weight excluding hydrogens is 318 g/mol. The van der Waals surface area contributed by atoms with Crippen LogP contribution in [0.25, 0.3) is 5.78 Å². The third-order valence-corrected chi connectivity index (χ3v) is 4.62. The molecule has 1 atom stereocenters. The van der Waals surface area contributed by atoms with Crippen LogP contribution in [0.5, 0.6) is 5.75 Å². The molecule has 1 unspecified atom stereocenters. The van der Waals surface area contributed by atoms with Gasteiger partial charge in [0, 0.05) is 12.2 Å². The number of aromatic nitrogens is 4. The molecule has 1 aromatic carbocycles. The fourth-order valence-electron chi connectivity index (χ4n) is 3.48. The minimum Gasteiger partial charge on any atom is -0.508 e. The highest BCUT2D eigenvalue weighted by molar-refractivity contribution is 5.93. The quantitative estimate of drug-likeness (QED) is 0.777. The van der Waals surface area contributed by atoms with Crippen molar-refractivity contribution in [1.29, 1.82) is 0 Å². The lowest BCUT2D eigenvalue weighted by molar-refractivity contribution is 0.0601. The number of amides is 1. The van der Waals surface area contributed by atoms with Crippen LogP contribution in [0.4, 0.5) is 0 Å². The van der Waals surface area contributed by atoms with Gasteiger partial charge in [-0.3, -0.25) is 4.79 Å². The van der Waals surface area contributed by atoms with Gasteiger partial charge in [-0.05, 0) is 49.9 Å². The Labute approximate surface area is 144 Å². The van der Waals surface area contributed by atoms with Crippen molar-refractivity contribution in [1.82, 2.24) is 24.5 Å². The maximum Gasteiger partial charge on any atom is 0.273 e. The summed E-state index contributed by atoms with van der Waals surface area (Å²) in [5, 5.41) is 13.9. The summed E-state index contributed by atoms with van der Waals surface area (Å²) in [4.78, 5) is 23.5. The summed E-state index contributed by atoms with van der Waals surface area (Å²) >= 11 is 0. The van der Waals surface area contributed by atoms with Crippen LogP contribution in [0.2, 0.25) is 0 Å². The number of hydrogen-bond donors (Lipinski definition) is 1. The summed E-state index contributed by atoms with van der Waals surface area (Å²) in [5.41, 5.74) is 2.15. The standard InChI is InChI=1S/C18H19N5O2/c1-12-9-16(23-18(21-12)19-11-20-23)17(25)22-8-3-2-7-15(22)13-5-4-6-14(24)10-13/h4-6,9-11,15,24H,2-3,7-8H2,1H3. The van der Waals surface area contributed by atoms with E-state index in [1.807, 2.05) is 24.0 Å². The van der Waals surface area contributed by atoms with Gasteiger partial charge in [-0.25, -0.2) is 4.98 Å². The molecule has 1 saturated heterocycles. The van der Waals surface area contributed by atoms with Crippen LogP contribution in [0, 0.1) is 6.92 Å². The van der Waals surface area contributed by atoms with Crippen LogP contribution in [0.1, 0.15) is 47.1 Å². The van der Waals surface area contributed by atoms with Gasteiger partial charge in [-0.15, -0.1) is 0 Å². The highest BCUT2D eigenvalue weighted by Gasteiger charge is 2.30.